The van der Waals surface area contributed by atoms with Crippen molar-refractivity contribution >= 4 is 17.4 Å². The van der Waals surface area contributed by atoms with Gasteiger partial charge >= 0.3 is 0 Å². The first kappa shape index (κ1) is 12.7. The van der Waals surface area contributed by atoms with E-state index in [0.29, 0.717) is 11.4 Å². The normalized spacial score (nSPS) is 9.95. The fraction of sp³-hybridized carbons (Fsp3) is 0.0769. The van der Waals surface area contributed by atoms with Gasteiger partial charge in [0.25, 0.3) is 11.6 Å². The first-order chi connectivity index (χ1) is 9.09. The van der Waals surface area contributed by atoms with Crippen LogP contribution in [0.15, 0.2) is 48.7 Å². The van der Waals surface area contributed by atoms with Crippen molar-refractivity contribution in [3.63, 3.8) is 0 Å². The molecule has 1 heterocycles. The largest absolute Gasteiger partial charge is 0.296 e. The highest BCUT2D eigenvalue weighted by atomic mass is 16.6. The van der Waals surface area contributed by atoms with Crippen molar-refractivity contribution in [3.8, 4) is 0 Å². The van der Waals surface area contributed by atoms with Gasteiger partial charge in [0.2, 0.25) is 0 Å². The van der Waals surface area contributed by atoms with Gasteiger partial charge in [-0.05, 0) is 24.3 Å². The lowest BCUT2D eigenvalue weighted by Crippen LogP contribution is -2.26. The van der Waals surface area contributed by atoms with Crippen LogP contribution in [0.2, 0.25) is 0 Å². The minimum Gasteiger partial charge on any atom is -0.296 e. The van der Waals surface area contributed by atoms with E-state index in [1.807, 2.05) is 0 Å². The Bertz CT molecular complexity index is 596. The molecule has 2 aromatic rings. The number of benzene rings is 1. The molecule has 1 amide bonds. The molecule has 0 spiro atoms. The smallest absolute Gasteiger partial charge is 0.269 e. The number of hydrogen-bond acceptors (Lipinski definition) is 4. The third kappa shape index (κ3) is 2.74. The van der Waals surface area contributed by atoms with E-state index >= 15 is 0 Å². The number of amides is 1. The second-order valence-electron chi connectivity index (χ2n) is 3.86. The van der Waals surface area contributed by atoms with Crippen LogP contribution in [-0.4, -0.2) is 22.9 Å². The average molecular weight is 257 g/mol. The topological polar surface area (TPSA) is 76.3 Å². The molecule has 6 heteroatoms. The lowest BCUT2D eigenvalue weighted by molar-refractivity contribution is -0.384. The fourth-order valence-corrected chi connectivity index (χ4v) is 1.58. The van der Waals surface area contributed by atoms with Crippen molar-refractivity contribution in [2.45, 2.75) is 0 Å². The Morgan fingerprint density at radius 1 is 1.21 bits per heavy atom. The maximum Gasteiger partial charge on any atom is 0.269 e. The lowest BCUT2D eigenvalue weighted by Gasteiger charge is -2.15. The van der Waals surface area contributed by atoms with E-state index in [1.165, 1.54) is 29.2 Å². The van der Waals surface area contributed by atoms with Gasteiger partial charge in [-0.25, -0.2) is 4.98 Å². The van der Waals surface area contributed by atoms with Crippen LogP contribution in [0, 0.1) is 10.1 Å². The summed E-state index contributed by atoms with van der Waals surface area (Å²) in [4.78, 5) is 27.6. The van der Waals surface area contributed by atoms with Crippen molar-refractivity contribution < 1.29 is 9.72 Å². The molecular weight excluding hydrogens is 246 g/mol. The summed E-state index contributed by atoms with van der Waals surface area (Å²) in [6, 6.07) is 10.7. The van der Waals surface area contributed by atoms with Gasteiger partial charge in [0.1, 0.15) is 5.82 Å². The molecule has 0 aliphatic carbocycles. The predicted octanol–water partition coefficient (Wildman–Crippen LogP) is 2.27. The number of nitrogens with zero attached hydrogens (tertiary/aromatic N) is 3. The number of nitro groups is 1. The van der Waals surface area contributed by atoms with Crippen molar-refractivity contribution in [2.24, 2.45) is 0 Å². The maximum atomic E-state index is 12.1. The molecule has 0 saturated carbocycles. The molecule has 0 radical (unpaired) electrons. The van der Waals surface area contributed by atoms with Crippen molar-refractivity contribution in [1.29, 1.82) is 0 Å². The van der Waals surface area contributed by atoms with E-state index in [-0.39, 0.29) is 11.6 Å². The fourth-order valence-electron chi connectivity index (χ4n) is 1.58. The summed E-state index contributed by atoms with van der Waals surface area (Å²) in [5.41, 5.74) is 0.329. The maximum absolute atomic E-state index is 12.1. The van der Waals surface area contributed by atoms with Gasteiger partial charge in [0, 0.05) is 30.9 Å². The van der Waals surface area contributed by atoms with E-state index in [9.17, 15) is 14.9 Å². The summed E-state index contributed by atoms with van der Waals surface area (Å²) in [7, 11) is 1.60. The molecule has 0 saturated heterocycles. The number of anilines is 1. The van der Waals surface area contributed by atoms with E-state index in [0.717, 1.165) is 0 Å². The van der Waals surface area contributed by atoms with Crippen LogP contribution >= 0.6 is 0 Å². The zero-order chi connectivity index (χ0) is 13.8. The molecule has 0 aliphatic rings. The molecule has 0 fully saturated rings. The number of pyridine rings is 1. The Hall–Kier alpha value is -2.76. The lowest BCUT2D eigenvalue weighted by atomic mass is 10.2. The first-order valence-electron chi connectivity index (χ1n) is 5.53. The standard InChI is InChI=1S/C13H11N3O3/c1-15(12-4-2-3-9-14-12)13(17)10-5-7-11(8-6-10)16(18)19/h2-9H,1H3. The molecule has 0 aliphatic heterocycles. The second kappa shape index (κ2) is 5.26. The third-order valence-corrected chi connectivity index (χ3v) is 2.62. The highest BCUT2D eigenvalue weighted by molar-refractivity contribution is 6.05. The summed E-state index contributed by atoms with van der Waals surface area (Å²) < 4.78 is 0. The van der Waals surface area contributed by atoms with Crippen molar-refractivity contribution in [2.75, 3.05) is 11.9 Å². The number of non-ortho nitro benzene ring substituents is 1. The van der Waals surface area contributed by atoms with E-state index < -0.39 is 4.92 Å². The molecule has 19 heavy (non-hydrogen) atoms. The summed E-state index contributed by atoms with van der Waals surface area (Å²) in [6.07, 6.45) is 1.59. The van der Waals surface area contributed by atoms with Crippen LogP contribution in [0.3, 0.4) is 0 Å². The Morgan fingerprint density at radius 3 is 2.42 bits per heavy atom. The quantitative estimate of drug-likeness (QED) is 0.624. The molecule has 96 valence electrons. The third-order valence-electron chi connectivity index (χ3n) is 2.62. The molecule has 1 aromatic carbocycles. The van der Waals surface area contributed by atoms with Crippen molar-refractivity contribution in [1.82, 2.24) is 4.98 Å². The molecule has 0 N–H and O–H groups in total. The van der Waals surface area contributed by atoms with Gasteiger partial charge in [-0.1, -0.05) is 6.07 Å². The molecule has 6 nitrogen and oxygen atoms in total. The molecule has 1 aromatic heterocycles. The van der Waals surface area contributed by atoms with Crippen LogP contribution in [-0.2, 0) is 0 Å². The molecule has 0 bridgehead atoms. The van der Waals surface area contributed by atoms with Crippen molar-refractivity contribution in [3.05, 3.63) is 64.3 Å². The van der Waals surface area contributed by atoms with E-state index in [2.05, 4.69) is 4.98 Å². The van der Waals surface area contributed by atoms with Crippen LogP contribution in [0.25, 0.3) is 0 Å². The number of hydrogen-bond donors (Lipinski definition) is 0. The van der Waals surface area contributed by atoms with E-state index in [1.54, 1.807) is 31.4 Å². The molecule has 2 rings (SSSR count). The van der Waals surface area contributed by atoms with Gasteiger partial charge in [-0.3, -0.25) is 19.8 Å². The number of carbonyl (C=O) groups is 1. The Kier molecular flexibility index (Phi) is 3.51. The number of rotatable bonds is 3. The summed E-state index contributed by atoms with van der Waals surface area (Å²) in [5, 5.41) is 10.5. The Morgan fingerprint density at radius 2 is 1.89 bits per heavy atom. The Labute approximate surface area is 109 Å². The molecule has 0 atom stereocenters. The van der Waals surface area contributed by atoms with Gasteiger partial charge in [-0.15, -0.1) is 0 Å². The zero-order valence-corrected chi connectivity index (χ0v) is 10.2. The Balaban J connectivity index is 2.22. The number of nitro benzene ring substituents is 1. The van der Waals surface area contributed by atoms with Crippen LogP contribution in [0.4, 0.5) is 11.5 Å². The van der Waals surface area contributed by atoms with Gasteiger partial charge < -0.3 is 0 Å². The summed E-state index contributed by atoms with van der Waals surface area (Å²) in [6.45, 7) is 0. The van der Waals surface area contributed by atoms with E-state index in [4.69, 9.17) is 0 Å². The minimum atomic E-state index is -0.503. The van der Waals surface area contributed by atoms with Crippen LogP contribution in [0.1, 0.15) is 10.4 Å². The average Bonchev–Trinajstić information content (AvgIpc) is 2.46. The molecule has 0 unspecified atom stereocenters. The minimum absolute atomic E-state index is 0.0444. The number of carbonyl (C=O) groups excluding carboxylic acids is 1. The first-order valence-corrected chi connectivity index (χ1v) is 5.53. The highest BCUT2D eigenvalue weighted by Crippen LogP contribution is 2.15. The number of aromatic nitrogens is 1. The van der Waals surface area contributed by atoms with Gasteiger partial charge in [-0.2, -0.15) is 0 Å². The van der Waals surface area contributed by atoms with Crippen LogP contribution < -0.4 is 4.90 Å². The summed E-state index contributed by atoms with van der Waals surface area (Å²) >= 11 is 0. The monoisotopic (exact) mass is 257 g/mol. The highest BCUT2D eigenvalue weighted by Gasteiger charge is 2.15. The van der Waals surface area contributed by atoms with Gasteiger partial charge in [0.15, 0.2) is 0 Å². The summed E-state index contributed by atoms with van der Waals surface area (Å²) in [5.74, 6) is 0.249. The second-order valence-corrected chi connectivity index (χ2v) is 3.86. The zero-order valence-electron chi connectivity index (χ0n) is 10.2. The predicted molar refractivity (Wildman–Crippen MR) is 70.1 cm³/mol. The SMILES string of the molecule is CN(C(=O)c1ccc([N+](=O)[O-])cc1)c1ccccn1. The van der Waals surface area contributed by atoms with Gasteiger partial charge in [0.05, 0.1) is 4.92 Å². The van der Waals surface area contributed by atoms with Crippen LogP contribution in [0.5, 0.6) is 0 Å². The molecular formula is C13H11N3O3.